The smallest absolute Gasteiger partial charge is 0.209 e. The molecule has 74 valence electrons. The van der Waals surface area contributed by atoms with Gasteiger partial charge in [0, 0.05) is 6.07 Å². The first kappa shape index (κ1) is 10.2. The summed E-state index contributed by atoms with van der Waals surface area (Å²) in [5, 5.41) is 3.70. The SMILES string of the molecule is Cc1cc([C@@H](C)NS(C)(=O)=O)no1. The highest BCUT2D eigenvalue weighted by Crippen LogP contribution is 2.12. The number of aromatic nitrogens is 1. The Labute approximate surface area is 77.2 Å². The lowest BCUT2D eigenvalue weighted by molar-refractivity contribution is 0.385. The molecule has 0 bridgehead atoms. The fourth-order valence-electron chi connectivity index (χ4n) is 0.971. The molecular formula is C7H12N2O3S. The van der Waals surface area contributed by atoms with Gasteiger partial charge in [-0.05, 0) is 13.8 Å². The summed E-state index contributed by atoms with van der Waals surface area (Å²) in [4.78, 5) is 0. The summed E-state index contributed by atoms with van der Waals surface area (Å²) in [6.45, 7) is 3.46. The molecule has 0 aromatic carbocycles. The van der Waals surface area contributed by atoms with Crippen molar-refractivity contribution in [1.29, 1.82) is 0 Å². The third-order valence-corrected chi connectivity index (χ3v) is 2.26. The van der Waals surface area contributed by atoms with Crippen molar-refractivity contribution in [2.45, 2.75) is 19.9 Å². The van der Waals surface area contributed by atoms with E-state index in [1.165, 1.54) is 0 Å². The molecule has 0 saturated heterocycles. The maximum Gasteiger partial charge on any atom is 0.209 e. The van der Waals surface area contributed by atoms with Crippen molar-refractivity contribution in [1.82, 2.24) is 9.88 Å². The zero-order valence-electron chi connectivity index (χ0n) is 7.73. The van der Waals surface area contributed by atoms with Crippen LogP contribution in [0.1, 0.15) is 24.4 Å². The Morgan fingerprint density at radius 3 is 2.62 bits per heavy atom. The second kappa shape index (κ2) is 3.47. The third-order valence-electron chi connectivity index (χ3n) is 1.48. The van der Waals surface area contributed by atoms with Crippen LogP contribution in [0.3, 0.4) is 0 Å². The summed E-state index contributed by atoms with van der Waals surface area (Å²) in [5.41, 5.74) is 0.586. The standard InChI is InChI=1S/C7H12N2O3S/c1-5-4-7(8-12-5)6(2)9-13(3,10)11/h4,6,9H,1-3H3/t6-/m1/s1. The van der Waals surface area contributed by atoms with E-state index in [9.17, 15) is 8.42 Å². The van der Waals surface area contributed by atoms with Gasteiger partial charge in [-0.3, -0.25) is 0 Å². The van der Waals surface area contributed by atoms with Crippen LogP contribution >= 0.6 is 0 Å². The number of aryl methyl sites for hydroxylation is 1. The van der Waals surface area contributed by atoms with E-state index in [0.29, 0.717) is 11.5 Å². The molecule has 0 amide bonds. The van der Waals surface area contributed by atoms with E-state index < -0.39 is 10.0 Å². The van der Waals surface area contributed by atoms with Crippen LogP contribution in [0.15, 0.2) is 10.6 Å². The average Bonchev–Trinajstić information content (AvgIpc) is 2.31. The van der Waals surface area contributed by atoms with Crippen molar-refractivity contribution >= 4 is 10.0 Å². The summed E-state index contributed by atoms with van der Waals surface area (Å²) < 4.78 is 28.9. The third kappa shape index (κ3) is 3.16. The van der Waals surface area contributed by atoms with Gasteiger partial charge in [0.15, 0.2) is 0 Å². The average molecular weight is 204 g/mol. The quantitative estimate of drug-likeness (QED) is 0.782. The summed E-state index contributed by atoms with van der Waals surface area (Å²) in [6.07, 6.45) is 1.11. The number of nitrogens with zero attached hydrogens (tertiary/aromatic N) is 1. The summed E-state index contributed by atoms with van der Waals surface area (Å²) in [5.74, 6) is 0.664. The normalized spacial score (nSPS) is 14.4. The monoisotopic (exact) mass is 204 g/mol. The lowest BCUT2D eigenvalue weighted by Gasteiger charge is -2.07. The number of sulfonamides is 1. The Morgan fingerprint density at radius 1 is 1.62 bits per heavy atom. The fraction of sp³-hybridized carbons (Fsp3) is 0.571. The van der Waals surface area contributed by atoms with Gasteiger partial charge in [0.1, 0.15) is 11.5 Å². The first-order chi connectivity index (χ1) is 5.88. The zero-order valence-corrected chi connectivity index (χ0v) is 8.55. The predicted octanol–water partition coefficient (Wildman–Crippen LogP) is 0.593. The Hall–Kier alpha value is -0.880. The first-order valence-electron chi connectivity index (χ1n) is 3.79. The molecule has 1 N–H and O–H groups in total. The molecule has 0 unspecified atom stereocenters. The van der Waals surface area contributed by atoms with Crippen molar-refractivity contribution in [3.63, 3.8) is 0 Å². The Morgan fingerprint density at radius 2 is 2.23 bits per heavy atom. The van der Waals surface area contributed by atoms with E-state index in [0.717, 1.165) is 6.26 Å². The molecule has 0 aliphatic rings. The molecule has 1 atom stereocenters. The maximum atomic E-state index is 10.9. The molecular weight excluding hydrogens is 192 g/mol. The van der Waals surface area contributed by atoms with Crippen molar-refractivity contribution in [2.24, 2.45) is 0 Å². The van der Waals surface area contributed by atoms with Crippen LogP contribution in [-0.2, 0) is 10.0 Å². The van der Waals surface area contributed by atoms with E-state index in [-0.39, 0.29) is 6.04 Å². The summed E-state index contributed by atoms with van der Waals surface area (Å²) in [7, 11) is -3.19. The van der Waals surface area contributed by atoms with Crippen LogP contribution in [0.4, 0.5) is 0 Å². The Balaban J connectivity index is 2.75. The van der Waals surface area contributed by atoms with Crippen molar-refractivity contribution < 1.29 is 12.9 Å². The van der Waals surface area contributed by atoms with Gasteiger partial charge in [0.25, 0.3) is 0 Å². The Bertz CT molecular complexity index is 382. The number of nitrogens with one attached hydrogen (secondary N) is 1. The van der Waals surface area contributed by atoms with Crippen LogP contribution in [0.5, 0.6) is 0 Å². The topological polar surface area (TPSA) is 72.2 Å². The first-order valence-corrected chi connectivity index (χ1v) is 5.68. The highest BCUT2D eigenvalue weighted by molar-refractivity contribution is 7.88. The van der Waals surface area contributed by atoms with E-state index in [1.807, 2.05) is 0 Å². The van der Waals surface area contributed by atoms with E-state index in [4.69, 9.17) is 4.52 Å². The van der Waals surface area contributed by atoms with Gasteiger partial charge in [-0.25, -0.2) is 13.1 Å². The van der Waals surface area contributed by atoms with E-state index >= 15 is 0 Å². The second-order valence-corrected chi connectivity index (χ2v) is 4.75. The predicted molar refractivity (Wildman–Crippen MR) is 47.6 cm³/mol. The molecule has 0 spiro atoms. The molecule has 0 aliphatic heterocycles. The van der Waals surface area contributed by atoms with Gasteiger partial charge in [0.2, 0.25) is 10.0 Å². The fourth-order valence-corrected chi connectivity index (χ4v) is 1.73. The van der Waals surface area contributed by atoms with Crippen molar-refractivity contribution in [3.05, 3.63) is 17.5 Å². The van der Waals surface area contributed by atoms with Gasteiger partial charge in [-0.1, -0.05) is 5.16 Å². The van der Waals surface area contributed by atoms with E-state index in [1.54, 1.807) is 19.9 Å². The molecule has 0 saturated carbocycles. The molecule has 1 heterocycles. The lowest BCUT2D eigenvalue weighted by atomic mass is 10.2. The van der Waals surface area contributed by atoms with Crippen LogP contribution < -0.4 is 4.72 Å². The molecule has 1 rings (SSSR count). The van der Waals surface area contributed by atoms with Gasteiger partial charge in [0.05, 0.1) is 12.3 Å². The molecule has 0 radical (unpaired) electrons. The molecule has 13 heavy (non-hydrogen) atoms. The van der Waals surface area contributed by atoms with Gasteiger partial charge in [-0.2, -0.15) is 0 Å². The maximum absolute atomic E-state index is 10.9. The van der Waals surface area contributed by atoms with E-state index in [2.05, 4.69) is 9.88 Å². The number of hydrogen-bond acceptors (Lipinski definition) is 4. The highest BCUT2D eigenvalue weighted by atomic mass is 32.2. The Kier molecular flexibility index (Phi) is 2.72. The van der Waals surface area contributed by atoms with Crippen LogP contribution in [-0.4, -0.2) is 19.8 Å². The lowest BCUT2D eigenvalue weighted by Crippen LogP contribution is -2.25. The minimum absolute atomic E-state index is 0.354. The van der Waals surface area contributed by atoms with Crippen molar-refractivity contribution in [3.8, 4) is 0 Å². The molecule has 5 nitrogen and oxygen atoms in total. The highest BCUT2D eigenvalue weighted by Gasteiger charge is 2.13. The molecule has 0 fully saturated rings. The van der Waals surface area contributed by atoms with Gasteiger partial charge in [-0.15, -0.1) is 0 Å². The molecule has 1 aromatic heterocycles. The summed E-state index contributed by atoms with van der Waals surface area (Å²) in [6, 6.07) is 1.34. The minimum atomic E-state index is -3.19. The molecule has 0 aliphatic carbocycles. The number of hydrogen-bond donors (Lipinski definition) is 1. The zero-order chi connectivity index (χ0) is 10.1. The largest absolute Gasteiger partial charge is 0.361 e. The molecule has 1 aromatic rings. The van der Waals surface area contributed by atoms with Gasteiger partial charge >= 0.3 is 0 Å². The molecule has 6 heteroatoms. The van der Waals surface area contributed by atoms with Gasteiger partial charge < -0.3 is 4.52 Å². The van der Waals surface area contributed by atoms with Crippen molar-refractivity contribution in [2.75, 3.05) is 6.26 Å². The van der Waals surface area contributed by atoms with Crippen LogP contribution in [0.25, 0.3) is 0 Å². The second-order valence-electron chi connectivity index (χ2n) is 2.97. The minimum Gasteiger partial charge on any atom is -0.361 e. The van der Waals surface area contributed by atoms with Crippen LogP contribution in [0, 0.1) is 6.92 Å². The number of rotatable bonds is 3. The summed E-state index contributed by atoms with van der Waals surface area (Å²) >= 11 is 0. The van der Waals surface area contributed by atoms with Crippen LogP contribution in [0.2, 0.25) is 0 Å².